The molecule has 9 heteroatoms. The van der Waals surface area contributed by atoms with Gasteiger partial charge in [0.1, 0.15) is 5.54 Å². The van der Waals surface area contributed by atoms with Crippen molar-refractivity contribution < 1.29 is 38.1 Å². The average Bonchev–Trinajstić information content (AvgIpc) is 2.68. The molecule has 0 heterocycles. The molecule has 0 aliphatic rings. The normalized spacial score (nSPS) is 12.4. The first-order valence-electron chi connectivity index (χ1n) is 10.1. The van der Waals surface area contributed by atoms with Gasteiger partial charge in [0.25, 0.3) is 0 Å². The molecule has 0 unspecified atom stereocenters. The van der Waals surface area contributed by atoms with Crippen molar-refractivity contribution in [2.45, 2.75) is 64.8 Å². The Hall–Kier alpha value is -2.94. The van der Waals surface area contributed by atoms with E-state index >= 15 is 0 Å². The van der Waals surface area contributed by atoms with Crippen molar-refractivity contribution in [2.75, 3.05) is 13.7 Å². The molecule has 0 amide bonds. The van der Waals surface area contributed by atoms with E-state index in [1.807, 2.05) is 6.92 Å². The Labute approximate surface area is 182 Å². The van der Waals surface area contributed by atoms with Crippen LogP contribution in [-0.4, -0.2) is 43.1 Å². The second-order valence-corrected chi connectivity index (χ2v) is 7.22. The highest BCUT2D eigenvalue weighted by Crippen LogP contribution is 2.30. The van der Waals surface area contributed by atoms with Gasteiger partial charge in [-0.3, -0.25) is 19.2 Å². The molecule has 1 aromatic rings. The summed E-state index contributed by atoms with van der Waals surface area (Å²) in [5.74, 6) is -2.11. The first-order valence-corrected chi connectivity index (χ1v) is 10.1. The molecule has 0 aliphatic heterocycles. The summed E-state index contributed by atoms with van der Waals surface area (Å²) in [6.07, 6.45) is 3.04. The Kier molecular flexibility index (Phi) is 10.7. The zero-order chi connectivity index (χ0) is 23.4. The lowest BCUT2D eigenvalue weighted by Crippen LogP contribution is -2.51. The molecule has 0 radical (unpaired) electrons. The zero-order valence-electron chi connectivity index (χ0n) is 18.5. The van der Waals surface area contributed by atoms with Crippen LogP contribution in [0.25, 0.3) is 0 Å². The first kappa shape index (κ1) is 26.1. The summed E-state index contributed by atoms with van der Waals surface area (Å²) in [6, 6.07) is 4.49. The van der Waals surface area contributed by atoms with Gasteiger partial charge in [-0.25, -0.2) is 0 Å². The smallest absolute Gasteiger partial charge is 0.326 e. The van der Waals surface area contributed by atoms with Crippen LogP contribution >= 0.6 is 0 Å². The summed E-state index contributed by atoms with van der Waals surface area (Å²) in [4.78, 5) is 46.8. The third kappa shape index (κ3) is 9.17. The average molecular weight is 437 g/mol. The Balaban J connectivity index is 2.94. The highest BCUT2D eigenvalue weighted by atomic mass is 16.6. The van der Waals surface area contributed by atoms with E-state index in [1.54, 1.807) is 6.07 Å². The fourth-order valence-corrected chi connectivity index (χ4v) is 2.90. The van der Waals surface area contributed by atoms with Crippen LogP contribution in [0.1, 0.15) is 58.4 Å². The van der Waals surface area contributed by atoms with Crippen LogP contribution in [-0.2, 0) is 35.1 Å². The summed E-state index contributed by atoms with van der Waals surface area (Å²) < 4.78 is 20.2. The number of carbonyl (C=O) groups excluding carboxylic acids is 4. The molecule has 0 bridgehead atoms. The number of benzene rings is 1. The highest BCUT2D eigenvalue weighted by Gasteiger charge is 2.36. The molecule has 0 spiro atoms. The van der Waals surface area contributed by atoms with Crippen molar-refractivity contribution in [1.29, 1.82) is 0 Å². The molecule has 0 saturated carbocycles. The Bertz CT molecular complexity index is 792. The maximum Gasteiger partial charge on any atom is 0.326 e. The molecular formula is C22H31NO8. The van der Waals surface area contributed by atoms with Crippen LogP contribution in [0.2, 0.25) is 0 Å². The number of rotatable bonds is 12. The highest BCUT2D eigenvalue weighted by molar-refractivity contribution is 5.81. The molecule has 31 heavy (non-hydrogen) atoms. The number of hydrogen-bond donors (Lipinski definition) is 1. The lowest BCUT2D eigenvalue weighted by Gasteiger charge is -2.26. The summed E-state index contributed by atoms with van der Waals surface area (Å²) in [6.45, 7) is 4.42. The number of ether oxygens (including phenoxy) is 4. The zero-order valence-corrected chi connectivity index (χ0v) is 18.5. The van der Waals surface area contributed by atoms with Crippen molar-refractivity contribution in [2.24, 2.45) is 5.73 Å². The summed E-state index contributed by atoms with van der Waals surface area (Å²) in [7, 11) is 1.22. The fraction of sp³-hybridized carbons (Fsp3) is 0.545. The molecule has 1 atom stereocenters. The number of carbonyl (C=O) groups is 4. The standard InChI is InChI=1S/C22H31NO8/c1-5-6-7-8-20(26)29-12-11-22(23,21(27)28-4)14-17-9-10-18(30-15(2)24)19(13-17)31-16(3)25/h9-10,13H,5-8,11-12,14,23H2,1-4H3/t22-/m1/s1. The van der Waals surface area contributed by atoms with Crippen LogP contribution < -0.4 is 15.2 Å². The van der Waals surface area contributed by atoms with E-state index < -0.39 is 23.4 Å². The van der Waals surface area contributed by atoms with Crippen LogP contribution in [0.5, 0.6) is 11.5 Å². The van der Waals surface area contributed by atoms with Crippen molar-refractivity contribution in [3.63, 3.8) is 0 Å². The van der Waals surface area contributed by atoms with E-state index in [4.69, 9.17) is 24.7 Å². The summed E-state index contributed by atoms with van der Waals surface area (Å²) in [5, 5.41) is 0. The first-order chi connectivity index (χ1) is 14.6. The van der Waals surface area contributed by atoms with Gasteiger partial charge >= 0.3 is 23.9 Å². The number of nitrogens with two attached hydrogens (primary N) is 1. The Morgan fingerprint density at radius 3 is 2.23 bits per heavy atom. The third-order valence-corrected chi connectivity index (χ3v) is 4.42. The quantitative estimate of drug-likeness (QED) is 0.297. The van der Waals surface area contributed by atoms with Gasteiger partial charge < -0.3 is 24.7 Å². The Morgan fingerprint density at radius 2 is 1.65 bits per heavy atom. The van der Waals surface area contributed by atoms with Crippen molar-refractivity contribution in [3.05, 3.63) is 23.8 Å². The van der Waals surface area contributed by atoms with E-state index in [2.05, 4.69) is 0 Å². The summed E-state index contributed by atoms with van der Waals surface area (Å²) in [5.41, 5.74) is 5.36. The second kappa shape index (κ2) is 12.7. The van der Waals surface area contributed by atoms with Crippen LogP contribution in [0.4, 0.5) is 0 Å². The molecule has 0 aromatic heterocycles. The van der Waals surface area contributed by atoms with Gasteiger partial charge in [-0.1, -0.05) is 25.8 Å². The molecule has 0 saturated heterocycles. The lowest BCUT2D eigenvalue weighted by atomic mass is 9.88. The molecule has 1 rings (SSSR count). The fourth-order valence-electron chi connectivity index (χ4n) is 2.90. The molecule has 172 valence electrons. The molecular weight excluding hydrogens is 406 g/mol. The number of methoxy groups -OCH3 is 1. The predicted molar refractivity (Wildman–Crippen MR) is 111 cm³/mol. The number of hydrogen-bond acceptors (Lipinski definition) is 9. The number of unbranched alkanes of at least 4 members (excludes halogenated alkanes) is 2. The third-order valence-electron chi connectivity index (χ3n) is 4.42. The van der Waals surface area contributed by atoms with Gasteiger partial charge in [0.05, 0.1) is 13.7 Å². The molecule has 2 N–H and O–H groups in total. The van der Waals surface area contributed by atoms with Gasteiger partial charge in [-0.15, -0.1) is 0 Å². The molecule has 1 aromatic carbocycles. The van der Waals surface area contributed by atoms with Gasteiger partial charge in [0.15, 0.2) is 11.5 Å². The lowest BCUT2D eigenvalue weighted by molar-refractivity contribution is -0.151. The minimum atomic E-state index is -1.48. The second-order valence-electron chi connectivity index (χ2n) is 7.22. The molecule has 0 fully saturated rings. The summed E-state index contributed by atoms with van der Waals surface area (Å²) >= 11 is 0. The van der Waals surface area contributed by atoms with Crippen LogP contribution in [0.15, 0.2) is 18.2 Å². The minimum absolute atomic E-state index is 0.0156. The topological polar surface area (TPSA) is 131 Å². The van der Waals surface area contributed by atoms with Crippen molar-refractivity contribution >= 4 is 23.9 Å². The van der Waals surface area contributed by atoms with E-state index in [9.17, 15) is 19.2 Å². The largest absolute Gasteiger partial charge is 0.468 e. The van der Waals surface area contributed by atoms with Gasteiger partial charge in [-0.05, 0) is 24.1 Å². The number of esters is 4. The Morgan fingerprint density at radius 1 is 1.00 bits per heavy atom. The van der Waals surface area contributed by atoms with Gasteiger partial charge in [0, 0.05) is 33.1 Å². The SMILES string of the molecule is CCCCCC(=O)OCC[C@@](N)(Cc1ccc(OC(C)=O)c(OC(C)=O)c1)C(=O)OC. The van der Waals surface area contributed by atoms with Crippen LogP contribution in [0.3, 0.4) is 0 Å². The van der Waals surface area contributed by atoms with Gasteiger partial charge in [-0.2, -0.15) is 0 Å². The monoisotopic (exact) mass is 437 g/mol. The maximum atomic E-state index is 12.4. The van der Waals surface area contributed by atoms with Crippen molar-refractivity contribution in [1.82, 2.24) is 0 Å². The predicted octanol–water partition coefficient (Wildman–Crippen LogP) is 2.46. The van der Waals surface area contributed by atoms with Crippen molar-refractivity contribution in [3.8, 4) is 11.5 Å². The molecule has 0 aliphatic carbocycles. The van der Waals surface area contributed by atoms with E-state index in [1.165, 1.54) is 33.1 Å². The maximum absolute atomic E-state index is 12.4. The van der Waals surface area contributed by atoms with Gasteiger partial charge in [0.2, 0.25) is 0 Å². The van der Waals surface area contributed by atoms with E-state index in [-0.39, 0.29) is 36.9 Å². The van der Waals surface area contributed by atoms with E-state index in [0.717, 1.165) is 19.3 Å². The van der Waals surface area contributed by atoms with Crippen LogP contribution in [0, 0.1) is 0 Å². The molecule has 9 nitrogen and oxygen atoms in total. The van der Waals surface area contributed by atoms with E-state index in [0.29, 0.717) is 12.0 Å². The minimum Gasteiger partial charge on any atom is -0.468 e.